The Morgan fingerprint density at radius 3 is 2.60 bits per heavy atom. The van der Waals surface area contributed by atoms with Crippen molar-refractivity contribution in [1.29, 1.82) is 15.8 Å². The molecule has 0 aliphatic carbocycles. The molecular formula is C17H15N5O3. The molecule has 0 aromatic heterocycles. The van der Waals surface area contributed by atoms with E-state index in [-0.39, 0.29) is 22.9 Å². The van der Waals surface area contributed by atoms with Crippen molar-refractivity contribution in [3.63, 3.8) is 0 Å². The Labute approximate surface area is 144 Å². The zero-order chi connectivity index (χ0) is 18.2. The third-order valence-electron chi connectivity index (χ3n) is 3.65. The number of carboxylic acids is 1. The second-order valence-corrected chi connectivity index (χ2v) is 5.29. The summed E-state index contributed by atoms with van der Waals surface area (Å²) in [6.45, 7) is 1.22. The molecule has 1 saturated heterocycles. The second-order valence-electron chi connectivity index (χ2n) is 5.29. The monoisotopic (exact) mass is 337 g/mol. The van der Waals surface area contributed by atoms with Crippen LogP contribution in [0, 0.1) is 34.0 Å². The van der Waals surface area contributed by atoms with Gasteiger partial charge in [-0.2, -0.15) is 15.8 Å². The SMILES string of the molecule is N#CC(C#N)=C(C#N)Nc1ccc(NCC2CCCO2)c(C(=O)O)c1. The Balaban J connectivity index is 2.22. The molecular weight excluding hydrogens is 322 g/mol. The average molecular weight is 337 g/mol. The lowest BCUT2D eigenvalue weighted by atomic mass is 10.1. The summed E-state index contributed by atoms with van der Waals surface area (Å²) in [6, 6.07) is 9.41. The minimum Gasteiger partial charge on any atom is -0.478 e. The van der Waals surface area contributed by atoms with E-state index in [1.165, 1.54) is 6.07 Å². The van der Waals surface area contributed by atoms with Gasteiger partial charge in [0.15, 0.2) is 5.57 Å². The molecule has 1 aliphatic heterocycles. The van der Waals surface area contributed by atoms with Crippen LogP contribution in [0.5, 0.6) is 0 Å². The van der Waals surface area contributed by atoms with Crippen molar-refractivity contribution in [2.75, 3.05) is 23.8 Å². The molecule has 8 heteroatoms. The third kappa shape index (κ3) is 4.48. The van der Waals surface area contributed by atoms with Crippen LogP contribution in [0.2, 0.25) is 0 Å². The average Bonchev–Trinajstić information content (AvgIpc) is 3.13. The Bertz CT molecular complexity index is 804. The molecule has 25 heavy (non-hydrogen) atoms. The highest BCUT2D eigenvalue weighted by Gasteiger charge is 2.17. The van der Waals surface area contributed by atoms with E-state index in [0.717, 1.165) is 12.8 Å². The van der Waals surface area contributed by atoms with E-state index in [4.69, 9.17) is 20.5 Å². The van der Waals surface area contributed by atoms with Crippen LogP contribution in [0.4, 0.5) is 11.4 Å². The van der Waals surface area contributed by atoms with Crippen LogP contribution in [-0.2, 0) is 4.74 Å². The lowest BCUT2D eigenvalue weighted by Gasteiger charge is -2.15. The van der Waals surface area contributed by atoms with Crippen molar-refractivity contribution < 1.29 is 14.6 Å². The van der Waals surface area contributed by atoms with Gasteiger partial charge in [-0.3, -0.25) is 0 Å². The second kappa shape index (κ2) is 8.35. The van der Waals surface area contributed by atoms with Gasteiger partial charge in [0.05, 0.1) is 11.7 Å². The van der Waals surface area contributed by atoms with E-state index in [1.807, 2.05) is 0 Å². The first kappa shape index (κ1) is 17.8. The first-order chi connectivity index (χ1) is 12.1. The van der Waals surface area contributed by atoms with Crippen LogP contribution in [-0.4, -0.2) is 30.3 Å². The molecule has 1 fully saturated rings. The summed E-state index contributed by atoms with van der Waals surface area (Å²) in [6.07, 6.45) is 1.97. The van der Waals surface area contributed by atoms with Crippen LogP contribution in [0.1, 0.15) is 23.2 Å². The minimum absolute atomic E-state index is 0.00996. The maximum atomic E-state index is 11.5. The molecule has 0 radical (unpaired) electrons. The number of carbonyl (C=O) groups is 1. The van der Waals surface area contributed by atoms with E-state index in [2.05, 4.69) is 10.6 Å². The molecule has 1 aliphatic rings. The summed E-state index contributed by atoms with van der Waals surface area (Å²) >= 11 is 0. The predicted octanol–water partition coefficient (Wildman–Crippen LogP) is 2.21. The van der Waals surface area contributed by atoms with Gasteiger partial charge in [0, 0.05) is 24.5 Å². The molecule has 2 rings (SSSR count). The minimum atomic E-state index is -1.14. The zero-order valence-corrected chi connectivity index (χ0v) is 13.2. The fourth-order valence-corrected chi connectivity index (χ4v) is 2.41. The van der Waals surface area contributed by atoms with Crippen molar-refractivity contribution in [3.05, 3.63) is 35.0 Å². The molecule has 0 spiro atoms. The van der Waals surface area contributed by atoms with Crippen molar-refractivity contribution in [2.45, 2.75) is 18.9 Å². The Morgan fingerprint density at radius 1 is 1.28 bits per heavy atom. The molecule has 0 saturated carbocycles. The van der Waals surface area contributed by atoms with Gasteiger partial charge in [0.1, 0.15) is 23.9 Å². The summed E-state index contributed by atoms with van der Waals surface area (Å²) < 4.78 is 5.49. The van der Waals surface area contributed by atoms with Crippen LogP contribution in [0.25, 0.3) is 0 Å². The molecule has 1 unspecified atom stereocenters. The fraction of sp³-hybridized carbons (Fsp3) is 0.294. The van der Waals surface area contributed by atoms with E-state index < -0.39 is 5.97 Å². The molecule has 0 amide bonds. The number of hydrogen-bond acceptors (Lipinski definition) is 7. The fourth-order valence-electron chi connectivity index (χ4n) is 2.41. The van der Waals surface area contributed by atoms with Crippen LogP contribution >= 0.6 is 0 Å². The molecule has 1 aromatic carbocycles. The highest BCUT2D eigenvalue weighted by atomic mass is 16.5. The van der Waals surface area contributed by atoms with Gasteiger partial charge in [0.25, 0.3) is 0 Å². The number of hydrogen-bond donors (Lipinski definition) is 3. The molecule has 8 nitrogen and oxygen atoms in total. The van der Waals surface area contributed by atoms with Crippen LogP contribution in [0.3, 0.4) is 0 Å². The lowest BCUT2D eigenvalue weighted by molar-refractivity contribution is 0.0697. The van der Waals surface area contributed by atoms with Crippen LogP contribution < -0.4 is 10.6 Å². The summed E-state index contributed by atoms with van der Waals surface area (Å²) in [4.78, 5) is 11.5. The van der Waals surface area contributed by atoms with Gasteiger partial charge < -0.3 is 20.5 Å². The van der Waals surface area contributed by atoms with E-state index in [9.17, 15) is 9.90 Å². The Hall–Kier alpha value is -3.54. The van der Waals surface area contributed by atoms with Gasteiger partial charge in [0.2, 0.25) is 0 Å². The number of rotatable bonds is 6. The Morgan fingerprint density at radius 2 is 2.04 bits per heavy atom. The first-order valence-electron chi connectivity index (χ1n) is 7.53. The number of ether oxygens (including phenoxy) is 1. The summed E-state index contributed by atoms with van der Waals surface area (Å²) in [5, 5.41) is 41.8. The van der Waals surface area contributed by atoms with E-state index >= 15 is 0 Å². The van der Waals surface area contributed by atoms with Crippen molar-refractivity contribution in [3.8, 4) is 18.2 Å². The topological polar surface area (TPSA) is 142 Å². The van der Waals surface area contributed by atoms with Gasteiger partial charge in [-0.15, -0.1) is 0 Å². The van der Waals surface area contributed by atoms with Crippen molar-refractivity contribution in [1.82, 2.24) is 0 Å². The van der Waals surface area contributed by atoms with Crippen molar-refractivity contribution in [2.24, 2.45) is 0 Å². The maximum absolute atomic E-state index is 11.5. The maximum Gasteiger partial charge on any atom is 0.337 e. The van der Waals surface area contributed by atoms with Gasteiger partial charge in [-0.25, -0.2) is 4.79 Å². The first-order valence-corrected chi connectivity index (χ1v) is 7.53. The number of aromatic carboxylic acids is 1. The molecule has 1 aromatic rings. The van der Waals surface area contributed by atoms with E-state index in [0.29, 0.717) is 24.5 Å². The Kier molecular flexibility index (Phi) is 5.95. The number of nitriles is 3. The van der Waals surface area contributed by atoms with Crippen LogP contribution in [0.15, 0.2) is 29.5 Å². The standard InChI is InChI=1S/C17H15N5O3/c18-7-11(8-19)16(9-20)22-12-3-4-15(14(6-12)17(23)24)21-10-13-2-1-5-25-13/h3-4,6,13,21-22H,1-2,5,10H2,(H,23,24). The number of anilines is 2. The number of nitrogens with zero attached hydrogens (tertiary/aromatic N) is 3. The van der Waals surface area contributed by atoms with Gasteiger partial charge in [-0.1, -0.05) is 0 Å². The smallest absolute Gasteiger partial charge is 0.337 e. The highest BCUT2D eigenvalue weighted by Crippen LogP contribution is 2.23. The highest BCUT2D eigenvalue weighted by molar-refractivity contribution is 5.95. The normalized spacial score (nSPS) is 15.3. The molecule has 1 heterocycles. The zero-order valence-electron chi connectivity index (χ0n) is 13.2. The van der Waals surface area contributed by atoms with E-state index in [1.54, 1.807) is 30.3 Å². The molecule has 1 atom stereocenters. The lowest BCUT2D eigenvalue weighted by Crippen LogP contribution is -2.19. The summed E-state index contributed by atoms with van der Waals surface area (Å²) in [7, 11) is 0. The number of allylic oxidation sites excluding steroid dienone is 2. The van der Waals surface area contributed by atoms with Gasteiger partial charge in [-0.05, 0) is 31.0 Å². The summed E-state index contributed by atoms with van der Waals surface area (Å²) in [5.74, 6) is -1.14. The predicted molar refractivity (Wildman–Crippen MR) is 88.4 cm³/mol. The number of nitrogens with one attached hydrogen (secondary N) is 2. The molecule has 0 bridgehead atoms. The largest absolute Gasteiger partial charge is 0.478 e. The quantitative estimate of drug-likeness (QED) is 0.671. The molecule has 126 valence electrons. The number of benzene rings is 1. The van der Waals surface area contributed by atoms with Gasteiger partial charge >= 0.3 is 5.97 Å². The third-order valence-corrected chi connectivity index (χ3v) is 3.65. The molecule has 3 N–H and O–H groups in total. The van der Waals surface area contributed by atoms with Crippen molar-refractivity contribution >= 4 is 17.3 Å². The number of carboxylic acid groups (broad SMARTS) is 1. The summed E-state index contributed by atoms with van der Waals surface area (Å²) in [5.41, 5.74) is 0.119.